The number of aryl methyl sites for hydroxylation is 3. The minimum atomic E-state index is -0.934. The Balaban J connectivity index is 1.33. The number of carboxylic acids is 2. The van der Waals surface area contributed by atoms with Crippen LogP contribution in [0.1, 0.15) is 53.5 Å². The van der Waals surface area contributed by atoms with E-state index >= 15 is 0 Å². The second-order valence-corrected chi connectivity index (χ2v) is 10.7. The van der Waals surface area contributed by atoms with Gasteiger partial charge in [-0.2, -0.15) is 0 Å². The molecular weight excluding hydrogens is 554 g/mol. The first-order chi connectivity index (χ1) is 20.2. The molecule has 0 saturated heterocycles. The molecular formula is C34H36ClNO6. The summed E-state index contributed by atoms with van der Waals surface area (Å²) in [6.07, 6.45) is 8.61. The molecule has 0 bridgehead atoms. The largest absolute Gasteiger partial charge is 0.494 e. The van der Waals surface area contributed by atoms with Crippen LogP contribution >= 0.6 is 11.6 Å². The molecule has 0 saturated carbocycles. The van der Waals surface area contributed by atoms with Crippen molar-refractivity contribution in [1.82, 2.24) is 4.57 Å². The molecule has 0 radical (unpaired) electrons. The first-order valence-electron chi connectivity index (χ1n) is 14.1. The number of rotatable bonds is 15. The van der Waals surface area contributed by atoms with Crippen molar-refractivity contribution in [2.75, 3.05) is 13.2 Å². The van der Waals surface area contributed by atoms with E-state index in [4.69, 9.17) is 26.2 Å². The molecule has 0 spiro atoms. The summed E-state index contributed by atoms with van der Waals surface area (Å²) in [7, 11) is 0. The Morgan fingerprint density at radius 3 is 2.31 bits per heavy atom. The highest BCUT2D eigenvalue weighted by atomic mass is 35.5. The van der Waals surface area contributed by atoms with E-state index in [0.717, 1.165) is 57.3 Å². The normalized spacial score (nSPS) is 11.3. The van der Waals surface area contributed by atoms with Crippen molar-refractivity contribution >= 4 is 46.6 Å². The molecule has 8 heteroatoms. The van der Waals surface area contributed by atoms with Crippen LogP contribution < -0.4 is 9.47 Å². The molecule has 0 atom stereocenters. The lowest BCUT2D eigenvalue weighted by atomic mass is 10.0. The van der Waals surface area contributed by atoms with Gasteiger partial charge < -0.3 is 24.3 Å². The molecule has 0 aliphatic carbocycles. The molecule has 0 aliphatic rings. The van der Waals surface area contributed by atoms with Crippen molar-refractivity contribution in [2.24, 2.45) is 0 Å². The van der Waals surface area contributed by atoms with Crippen LogP contribution in [0.5, 0.6) is 11.5 Å². The number of halogens is 1. The number of ether oxygens (including phenoxy) is 2. The number of hydrogen-bond acceptors (Lipinski definition) is 4. The molecule has 4 rings (SSSR count). The van der Waals surface area contributed by atoms with Crippen molar-refractivity contribution in [3.05, 3.63) is 93.6 Å². The number of carboxylic acid groups (broad SMARTS) is 2. The molecule has 4 aromatic rings. The molecule has 1 aromatic heterocycles. The summed E-state index contributed by atoms with van der Waals surface area (Å²) >= 11 is 6.28. The van der Waals surface area contributed by atoms with E-state index in [1.807, 2.05) is 86.8 Å². The number of hydrogen-bond donors (Lipinski definition) is 2. The Bertz CT molecular complexity index is 1570. The number of aliphatic carboxylic acids is 2. The van der Waals surface area contributed by atoms with E-state index in [2.05, 4.69) is 0 Å². The fourth-order valence-corrected chi connectivity index (χ4v) is 5.07. The van der Waals surface area contributed by atoms with Crippen LogP contribution in [0.2, 0.25) is 5.02 Å². The topological polar surface area (TPSA) is 98.0 Å². The highest BCUT2D eigenvalue weighted by molar-refractivity contribution is 6.32. The molecule has 0 aliphatic heterocycles. The van der Waals surface area contributed by atoms with Gasteiger partial charge in [0.15, 0.2) is 0 Å². The zero-order valence-corrected chi connectivity index (χ0v) is 24.7. The van der Waals surface area contributed by atoms with E-state index < -0.39 is 11.9 Å². The van der Waals surface area contributed by atoms with E-state index in [0.29, 0.717) is 36.8 Å². The summed E-state index contributed by atoms with van der Waals surface area (Å²) in [4.78, 5) is 22.5. The lowest BCUT2D eigenvalue weighted by Gasteiger charge is -2.11. The lowest BCUT2D eigenvalue weighted by molar-refractivity contribution is -0.138. The summed E-state index contributed by atoms with van der Waals surface area (Å²) in [6, 6.07) is 17.6. The number of para-hydroxylation sites is 1. The summed E-state index contributed by atoms with van der Waals surface area (Å²) in [6.45, 7) is 5.05. The van der Waals surface area contributed by atoms with Gasteiger partial charge in [-0.3, -0.25) is 9.59 Å². The summed E-state index contributed by atoms with van der Waals surface area (Å²) in [5.74, 6) is -0.272. The average molecular weight is 590 g/mol. The van der Waals surface area contributed by atoms with Crippen LogP contribution in [0.15, 0.2) is 60.8 Å². The fraction of sp³-hybridized carbons (Fsp3) is 0.294. The SMILES string of the molecule is Cc1cc(Cl)c(OCCCCOc2ccc(C=Cc3cccc4c(CCCC(=O)O)cn(CC(=O)O)c34)cc2)cc1C. The molecule has 7 nitrogen and oxygen atoms in total. The summed E-state index contributed by atoms with van der Waals surface area (Å²) in [5, 5.41) is 20.0. The Hall–Kier alpha value is -4.23. The molecule has 3 aromatic carbocycles. The maximum atomic E-state index is 11.5. The maximum absolute atomic E-state index is 11.5. The highest BCUT2D eigenvalue weighted by Gasteiger charge is 2.13. The zero-order chi connectivity index (χ0) is 30.1. The minimum Gasteiger partial charge on any atom is -0.494 e. The molecule has 1 heterocycles. The second-order valence-electron chi connectivity index (χ2n) is 10.3. The van der Waals surface area contributed by atoms with Crippen LogP contribution in [-0.4, -0.2) is 39.9 Å². The third kappa shape index (κ3) is 8.40. The molecule has 2 N–H and O–H groups in total. The average Bonchev–Trinajstić information content (AvgIpc) is 3.29. The number of unbranched alkanes of at least 4 members (excludes halogenated alkanes) is 1. The molecule has 220 valence electrons. The predicted octanol–water partition coefficient (Wildman–Crippen LogP) is 7.81. The van der Waals surface area contributed by atoms with E-state index in [-0.39, 0.29) is 13.0 Å². The van der Waals surface area contributed by atoms with Gasteiger partial charge >= 0.3 is 11.9 Å². The van der Waals surface area contributed by atoms with E-state index in [9.17, 15) is 14.7 Å². The Labute approximate surface area is 251 Å². The van der Waals surface area contributed by atoms with Crippen molar-refractivity contribution in [1.29, 1.82) is 0 Å². The Kier molecular flexibility index (Phi) is 10.7. The van der Waals surface area contributed by atoms with Gasteiger partial charge in [-0.15, -0.1) is 0 Å². The quantitative estimate of drug-likeness (QED) is 0.108. The van der Waals surface area contributed by atoms with Gasteiger partial charge in [0.2, 0.25) is 0 Å². The van der Waals surface area contributed by atoms with Crippen LogP contribution in [0.25, 0.3) is 23.1 Å². The summed E-state index contributed by atoms with van der Waals surface area (Å²) < 4.78 is 13.5. The van der Waals surface area contributed by atoms with Gasteiger partial charge in [0.1, 0.15) is 18.0 Å². The number of carbonyl (C=O) groups is 2. The number of benzene rings is 3. The number of nitrogens with zero attached hydrogens (tertiary/aromatic N) is 1. The van der Waals surface area contributed by atoms with Gasteiger partial charge in [0.25, 0.3) is 0 Å². The van der Waals surface area contributed by atoms with Gasteiger partial charge in [0.05, 0.1) is 23.8 Å². The van der Waals surface area contributed by atoms with Crippen LogP contribution in [-0.2, 0) is 22.6 Å². The maximum Gasteiger partial charge on any atom is 0.323 e. The number of fused-ring (bicyclic) bond motifs is 1. The van der Waals surface area contributed by atoms with Crippen molar-refractivity contribution < 1.29 is 29.3 Å². The van der Waals surface area contributed by atoms with Crippen LogP contribution in [0, 0.1) is 13.8 Å². The molecule has 0 amide bonds. The molecule has 0 fully saturated rings. The Morgan fingerprint density at radius 2 is 1.60 bits per heavy atom. The monoisotopic (exact) mass is 589 g/mol. The summed E-state index contributed by atoms with van der Waals surface area (Å²) in [5.41, 5.74) is 5.94. The van der Waals surface area contributed by atoms with E-state index in [1.54, 1.807) is 4.57 Å². The highest BCUT2D eigenvalue weighted by Crippen LogP contribution is 2.29. The van der Waals surface area contributed by atoms with Gasteiger partial charge in [-0.25, -0.2) is 0 Å². The fourth-order valence-electron chi connectivity index (χ4n) is 4.80. The second kappa shape index (κ2) is 14.6. The van der Waals surface area contributed by atoms with Crippen molar-refractivity contribution in [2.45, 2.75) is 52.5 Å². The standard InChI is InChI=1S/C34H36ClNO6/c1-23-19-30(35)31(20-24(23)2)42-18-4-3-17-41-28-15-12-25(13-16-28)11-14-26-7-5-9-29-27(8-6-10-32(37)38)21-36(34(26)29)22-33(39)40/h5,7,9,11-16,19-21H,3-4,6,8,10,17-18,22H2,1-2H3,(H,37,38)(H,39,40). The molecule has 42 heavy (non-hydrogen) atoms. The van der Waals surface area contributed by atoms with Gasteiger partial charge in [-0.1, -0.05) is 54.1 Å². The third-order valence-electron chi connectivity index (χ3n) is 7.10. The van der Waals surface area contributed by atoms with Gasteiger partial charge in [-0.05, 0) is 91.6 Å². The van der Waals surface area contributed by atoms with Crippen molar-refractivity contribution in [3.8, 4) is 11.5 Å². The number of aromatic nitrogens is 1. The van der Waals surface area contributed by atoms with Crippen LogP contribution in [0.4, 0.5) is 0 Å². The smallest absolute Gasteiger partial charge is 0.323 e. The molecule has 0 unspecified atom stereocenters. The van der Waals surface area contributed by atoms with Crippen LogP contribution in [0.3, 0.4) is 0 Å². The predicted molar refractivity (Wildman–Crippen MR) is 167 cm³/mol. The first-order valence-corrected chi connectivity index (χ1v) is 14.4. The van der Waals surface area contributed by atoms with Gasteiger partial charge in [0, 0.05) is 18.0 Å². The lowest BCUT2D eigenvalue weighted by Crippen LogP contribution is -2.07. The first kappa shape index (κ1) is 30.7. The third-order valence-corrected chi connectivity index (χ3v) is 7.40. The van der Waals surface area contributed by atoms with Crippen molar-refractivity contribution in [3.63, 3.8) is 0 Å². The minimum absolute atomic E-state index is 0.0718. The zero-order valence-electron chi connectivity index (χ0n) is 23.9. The Morgan fingerprint density at radius 1 is 0.881 bits per heavy atom. The van der Waals surface area contributed by atoms with E-state index in [1.165, 1.54) is 0 Å².